The number of rotatable bonds is 2. The van der Waals surface area contributed by atoms with Crippen molar-refractivity contribution in [3.63, 3.8) is 0 Å². The van der Waals surface area contributed by atoms with Crippen LogP contribution in [0.4, 0.5) is 5.82 Å². The van der Waals surface area contributed by atoms with Gasteiger partial charge in [0, 0.05) is 14.1 Å². The highest BCUT2D eigenvalue weighted by Gasteiger charge is 2.36. The zero-order valence-corrected chi connectivity index (χ0v) is 14.4. The van der Waals surface area contributed by atoms with E-state index in [4.69, 9.17) is 9.47 Å². The van der Waals surface area contributed by atoms with Crippen LogP contribution in [-0.4, -0.2) is 31.7 Å². The number of methoxy groups -OCH3 is 1. The number of hydrogen-bond donors (Lipinski definition) is 0. The fourth-order valence-electron chi connectivity index (χ4n) is 3.21. The van der Waals surface area contributed by atoms with E-state index >= 15 is 0 Å². The molecule has 3 rings (SSSR count). The Morgan fingerprint density at radius 1 is 1.26 bits per heavy atom. The summed E-state index contributed by atoms with van der Waals surface area (Å²) in [6, 6.07) is 7.54. The third kappa shape index (κ3) is 2.27. The second-order valence-electron chi connectivity index (χ2n) is 6.55. The minimum absolute atomic E-state index is 0.352. The molecule has 0 N–H and O–H groups in total. The molecule has 1 aromatic heterocycles. The predicted molar refractivity (Wildman–Crippen MR) is 89.8 cm³/mol. The van der Waals surface area contributed by atoms with Gasteiger partial charge in [-0.2, -0.15) is 0 Å². The highest BCUT2D eigenvalue weighted by Crippen LogP contribution is 2.44. The highest BCUT2D eigenvalue weighted by molar-refractivity contribution is 5.90. The van der Waals surface area contributed by atoms with Gasteiger partial charge in [0.25, 0.3) is 0 Å². The maximum atomic E-state index is 11.9. The topological polar surface area (TPSA) is 43.7 Å². The number of fused-ring (bicyclic) bond motifs is 3. The summed E-state index contributed by atoms with van der Waals surface area (Å²) >= 11 is 0. The van der Waals surface area contributed by atoms with E-state index in [0.29, 0.717) is 5.56 Å². The zero-order chi connectivity index (χ0) is 16.9. The minimum Gasteiger partial charge on any atom is -0.479 e. The van der Waals surface area contributed by atoms with E-state index in [1.165, 1.54) is 7.11 Å². The Bertz CT molecular complexity index is 788. The molecule has 2 heterocycles. The molecule has 0 spiro atoms. The SMILES string of the molecule is COC(=O)c1ccc2c(c1)-n1c(cc(C)c1N(C)C)C(C)(C)O2. The van der Waals surface area contributed by atoms with Gasteiger partial charge in [-0.05, 0) is 50.6 Å². The summed E-state index contributed by atoms with van der Waals surface area (Å²) in [5.74, 6) is 1.49. The van der Waals surface area contributed by atoms with Crippen molar-refractivity contribution in [2.75, 3.05) is 26.1 Å². The van der Waals surface area contributed by atoms with Crippen LogP contribution in [-0.2, 0) is 10.3 Å². The van der Waals surface area contributed by atoms with Crippen molar-refractivity contribution in [3.05, 3.63) is 41.1 Å². The molecule has 0 amide bonds. The molecule has 2 aromatic rings. The number of aromatic nitrogens is 1. The lowest BCUT2D eigenvalue weighted by Gasteiger charge is -2.35. The number of nitrogens with zero attached hydrogens (tertiary/aromatic N) is 2. The zero-order valence-electron chi connectivity index (χ0n) is 14.4. The second kappa shape index (κ2) is 5.05. The third-order valence-electron chi connectivity index (χ3n) is 4.19. The van der Waals surface area contributed by atoms with Gasteiger partial charge >= 0.3 is 5.97 Å². The predicted octanol–water partition coefficient (Wildman–Crippen LogP) is 3.27. The first kappa shape index (κ1) is 15.5. The fraction of sp³-hybridized carbons (Fsp3) is 0.389. The Balaban J connectivity index is 2.31. The number of ether oxygens (including phenoxy) is 2. The molecule has 0 saturated carbocycles. The first-order valence-corrected chi connectivity index (χ1v) is 7.58. The summed E-state index contributed by atoms with van der Waals surface area (Å²) in [7, 11) is 5.42. The standard InChI is InChI=1S/C18H22N2O3/c1-11-9-15-18(2,3)23-14-8-7-12(17(21)22-6)10-13(14)20(15)16(11)19(4)5/h7-10H,1-6H3. The molecule has 0 atom stereocenters. The lowest BCUT2D eigenvalue weighted by Crippen LogP contribution is -2.33. The molecule has 1 aliphatic heterocycles. The minimum atomic E-state index is -0.446. The van der Waals surface area contributed by atoms with Crippen LogP contribution in [0.1, 0.15) is 35.5 Å². The normalized spacial score (nSPS) is 14.5. The number of carbonyl (C=O) groups is 1. The van der Waals surface area contributed by atoms with Gasteiger partial charge in [0.15, 0.2) is 0 Å². The Labute approximate surface area is 136 Å². The molecule has 0 radical (unpaired) electrons. The highest BCUT2D eigenvalue weighted by atomic mass is 16.5. The van der Waals surface area contributed by atoms with Gasteiger partial charge in [-0.3, -0.25) is 4.57 Å². The Kier molecular flexibility index (Phi) is 3.39. The summed E-state index contributed by atoms with van der Waals surface area (Å²) in [5.41, 5.74) is 3.15. The van der Waals surface area contributed by atoms with E-state index in [-0.39, 0.29) is 5.97 Å². The maximum absolute atomic E-state index is 11.9. The van der Waals surface area contributed by atoms with E-state index in [2.05, 4.69) is 36.3 Å². The molecular formula is C18H22N2O3. The van der Waals surface area contributed by atoms with Gasteiger partial charge in [0.05, 0.1) is 24.1 Å². The van der Waals surface area contributed by atoms with E-state index in [0.717, 1.165) is 28.5 Å². The molecule has 122 valence electrons. The average Bonchev–Trinajstić information content (AvgIpc) is 2.84. The van der Waals surface area contributed by atoms with Crippen molar-refractivity contribution in [1.29, 1.82) is 0 Å². The van der Waals surface area contributed by atoms with Crippen molar-refractivity contribution in [3.8, 4) is 11.4 Å². The van der Waals surface area contributed by atoms with Crippen LogP contribution in [0, 0.1) is 6.92 Å². The number of anilines is 1. The van der Waals surface area contributed by atoms with Gasteiger partial charge in [-0.25, -0.2) is 4.79 Å². The van der Waals surface area contributed by atoms with Gasteiger partial charge in [0.2, 0.25) is 0 Å². The van der Waals surface area contributed by atoms with Gasteiger partial charge < -0.3 is 14.4 Å². The first-order chi connectivity index (χ1) is 10.8. The quantitative estimate of drug-likeness (QED) is 0.798. The van der Waals surface area contributed by atoms with Gasteiger partial charge in [0.1, 0.15) is 17.2 Å². The third-order valence-corrected chi connectivity index (χ3v) is 4.19. The summed E-state index contributed by atoms with van der Waals surface area (Å²) in [6.07, 6.45) is 0. The number of carbonyl (C=O) groups excluding carboxylic acids is 1. The molecule has 5 heteroatoms. The summed E-state index contributed by atoms with van der Waals surface area (Å²) < 4.78 is 13.2. The molecular weight excluding hydrogens is 292 g/mol. The first-order valence-electron chi connectivity index (χ1n) is 7.58. The summed E-state index contributed by atoms with van der Waals surface area (Å²) in [6.45, 7) is 6.18. The lowest BCUT2D eigenvalue weighted by atomic mass is 10.0. The van der Waals surface area contributed by atoms with Crippen molar-refractivity contribution in [2.45, 2.75) is 26.4 Å². The second-order valence-corrected chi connectivity index (χ2v) is 6.55. The maximum Gasteiger partial charge on any atom is 0.337 e. The van der Waals surface area contributed by atoms with E-state index in [1.807, 2.05) is 26.2 Å². The molecule has 0 unspecified atom stereocenters. The molecule has 1 aromatic carbocycles. The Morgan fingerprint density at radius 2 is 1.96 bits per heavy atom. The van der Waals surface area contributed by atoms with Crippen LogP contribution in [0.25, 0.3) is 5.69 Å². The van der Waals surface area contributed by atoms with Crippen molar-refractivity contribution < 1.29 is 14.3 Å². The van der Waals surface area contributed by atoms with Crippen molar-refractivity contribution >= 4 is 11.8 Å². The molecule has 0 saturated heterocycles. The van der Waals surface area contributed by atoms with Crippen LogP contribution >= 0.6 is 0 Å². The Hall–Kier alpha value is -2.43. The number of esters is 1. The van der Waals surface area contributed by atoms with Crippen molar-refractivity contribution in [2.24, 2.45) is 0 Å². The molecule has 0 aliphatic carbocycles. The molecule has 1 aliphatic rings. The fourth-order valence-corrected chi connectivity index (χ4v) is 3.21. The van der Waals surface area contributed by atoms with E-state index in [9.17, 15) is 4.79 Å². The van der Waals surface area contributed by atoms with Gasteiger partial charge in [-0.1, -0.05) is 0 Å². The average molecular weight is 314 g/mol. The number of benzene rings is 1. The van der Waals surface area contributed by atoms with Crippen LogP contribution in [0.15, 0.2) is 24.3 Å². The Morgan fingerprint density at radius 3 is 2.57 bits per heavy atom. The lowest BCUT2D eigenvalue weighted by molar-refractivity contribution is 0.0600. The number of aryl methyl sites for hydroxylation is 1. The molecule has 23 heavy (non-hydrogen) atoms. The van der Waals surface area contributed by atoms with Crippen LogP contribution in [0.2, 0.25) is 0 Å². The number of hydrogen-bond acceptors (Lipinski definition) is 4. The van der Waals surface area contributed by atoms with E-state index < -0.39 is 5.60 Å². The molecule has 0 bridgehead atoms. The summed E-state index contributed by atoms with van der Waals surface area (Å²) in [5, 5.41) is 0. The van der Waals surface area contributed by atoms with Gasteiger partial charge in [-0.15, -0.1) is 0 Å². The smallest absolute Gasteiger partial charge is 0.337 e. The van der Waals surface area contributed by atoms with Crippen molar-refractivity contribution in [1.82, 2.24) is 4.57 Å². The largest absolute Gasteiger partial charge is 0.479 e. The molecule has 5 nitrogen and oxygen atoms in total. The van der Waals surface area contributed by atoms with Crippen LogP contribution in [0.5, 0.6) is 5.75 Å². The monoisotopic (exact) mass is 314 g/mol. The van der Waals surface area contributed by atoms with Crippen LogP contribution < -0.4 is 9.64 Å². The molecule has 0 fully saturated rings. The van der Waals surface area contributed by atoms with Crippen LogP contribution in [0.3, 0.4) is 0 Å². The summed E-state index contributed by atoms with van der Waals surface area (Å²) in [4.78, 5) is 14.0. The van der Waals surface area contributed by atoms with E-state index in [1.54, 1.807) is 6.07 Å².